The van der Waals surface area contributed by atoms with Crippen molar-refractivity contribution in [3.8, 4) is 0 Å². The molecule has 100 valence electrons. The van der Waals surface area contributed by atoms with Crippen molar-refractivity contribution < 1.29 is 0 Å². The Morgan fingerprint density at radius 1 is 1.44 bits per heavy atom. The third-order valence-electron chi connectivity index (χ3n) is 3.69. The number of aromatic nitrogens is 2. The molecule has 1 fully saturated rings. The van der Waals surface area contributed by atoms with E-state index in [-0.39, 0.29) is 0 Å². The van der Waals surface area contributed by atoms with Crippen LogP contribution in [0, 0.1) is 13.8 Å². The Bertz CT molecular complexity index is 402. The first-order valence-corrected chi connectivity index (χ1v) is 7.09. The van der Waals surface area contributed by atoms with Crippen molar-refractivity contribution in [2.24, 2.45) is 0 Å². The number of rotatable bonds is 8. The fourth-order valence-corrected chi connectivity index (χ4v) is 2.39. The van der Waals surface area contributed by atoms with Gasteiger partial charge in [-0.1, -0.05) is 6.08 Å². The fourth-order valence-electron chi connectivity index (χ4n) is 2.39. The molecule has 1 aromatic heterocycles. The maximum atomic E-state index is 4.65. The highest BCUT2D eigenvalue weighted by Crippen LogP contribution is 2.19. The lowest BCUT2D eigenvalue weighted by Crippen LogP contribution is -2.19. The zero-order chi connectivity index (χ0) is 13.0. The van der Waals surface area contributed by atoms with Gasteiger partial charge < -0.3 is 5.32 Å². The smallest absolute Gasteiger partial charge is 0.0628 e. The van der Waals surface area contributed by atoms with Crippen LogP contribution in [-0.2, 0) is 13.0 Å². The lowest BCUT2D eigenvalue weighted by molar-refractivity contribution is 0.565. The van der Waals surface area contributed by atoms with Crippen molar-refractivity contribution in [3.05, 3.63) is 29.6 Å². The first-order chi connectivity index (χ1) is 8.72. The second-order valence-corrected chi connectivity index (χ2v) is 5.28. The van der Waals surface area contributed by atoms with Crippen molar-refractivity contribution in [2.75, 3.05) is 6.54 Å². The molecule has 3 nitrogen and oxygen atoms in total. The molecule has 0 spiro atoms. The molecule has 1 N–H and O–H groups in total. The molecule has 0 atom stereocenters. The zero-order valence-corrected chi connectivity index (χ0v) is 11.7. The van der Waals surface area contributed by atoms with Gasteiger partial charge in [0.2, 0.25) is 0 Å². The predicted molar refractivity (Wildman–Crippen MR) is 75.9 cm³/mol. The van der Waals surface area contributed by atoms with Crippen LogP contribution in [0.4, 0.5) is 0 Å². The quantitative estimate of drug-likeness (QED) is 0.565. The van der Waals surface area contributed by atoms with Crippen LogP contribution >= 0.6 is 0 Å². The van der Waals surface area contributed by atoms with Crippen molar-refractivity contribution in [3.63, 3.8) is 0 Å². The van der Waals surface area contributed by atoms with Gasteiger partial charge >= 0.3 is 0 Å². The van der Waals surface area contributed by atoms with Crippen LogP contribution in [-0.4, -0.2) is 22.4 Å². The Morgan fingerprint density at radius 2 is 2.22 bits per heavy atom. The van der Waals surface area contributed by atoms with Gasteiger partial charge in [0, 0.05) is 18.3 Å². The Hall–Kier alpha value is -1.09. The molecule has 0 saturated heterocycles. The molecular formula is C15H25N3. The SMILES string of the molecule is C=CCCCn1nc(C)c(CCNC2CC2)c1C. The Kier molecular flexibility index (Phi) is 4.59. The summed E-state index contributed by atoms with van der Waals surface area (Å²) in [6.07, 6.45) is 8.00. The zero-order valence-electron chi connectivity index (χ0n) is 11.7. The summed E-state index contributed by atoms with van der Waals surface area (Å²) in [5.74, 6) is 0. The highest BCUT2D eigenvalue weighted by molar-refractivity contribution is 5.24. The minimum absolute atomic E-state index is 0.799. The summed E-state index contributed by atoms with van der Waals surface area (Å²) >= 11 is 0. The number of hydrogen-bond donors (Lipinski definition) is 1. The van der Waals surface area contributed by atoms with E-state index in [0.717, 1.165) is 38.4 Å². The Labute approximate surface area is 110 Å². The van der Waals surface area contributed by atoms with Gasteiger partial charge in [-0.05, 0) is 58.1 Å². The second kappa shape index (κ2) is 6.19. The number of unbranched alkanes of at least 4 members (excludes halogenated alkanes) is 1. The van der Waals surface area contributed by atoms with E-state index in [1.807, 2.05) is 6.08 Å². The summed E-state index contributed by atoms with van der Waals surface area (Å²) in [6.45, 7) is 10.2. The molecule has 3 heteroatoms. The average Bonchev–Trinajstić information content (AvgIpc) is 3.12. The van der Waals surface area contributed by atoms with E-state index in [4.69, 9.17) is 0 Å². The van der Waals surface area contributed by atoms with E-state index in [1.54, 1.807) is 0 Å². The molecule has 1 aromatic rings. The molecule has 0 aliphatic heterocycles. The molecule has 1 aliphatic rings. The minimum atomic E-state index is 0.799. The standard InChI is InChI=1S/C15H25N3/c1-4-5-6-11-18-13(3)15(12(2)17-18)9-10-16-14-7-8-14/h4,14,16H,1,5-11H2,2-3H3. The van der Waals surface area contributed by atoms with Gasteiger partial charge in [-0.25, -0.2) is 0 Å². The highest BCUT2D eigenvalue weighted by atomic mass is 15.3. The summed E-state index contributed by atoms with van der Waals surface area (Å²) in [7, 11) is 0. The molecule has 0 unspecified atom stereocenters. The summed E-state index contributed by atoms with van der Waals surface area (Å²) in [6, 6.07) is 0.799. The Balaban J connectivity index is 1.89. The molecule has 0 bridgehead atoms. The third-order valence-corrected chi connectivity index (χ3v) is 3.69. The van der Waals surface area contributed by atoms with E-state index in [2.05, 4.69) is 35.5 Å². The first-order valence-electron chi connectivity index (χ1n) is 7.09. The van der Waals surface area contributed by atoms with Crippen LogP contribution in [0.5, 0.6) is 0 Å². The normalized spacial score (nSPS) is 15.0. The van der Waals surface area contributed by atoms with Gasteiger partial charge in [0.15, 0.2) is 0 Å². The van der Waals surface area contributed by atoms with Gasteiger partial charge in [0.1, 0.15) is 0 Å². The third kappa shape index (κ3) is 3.45. The van der Waals surface area contributed by atoms with E-state index in [0.29, 0.717) is 0 Å². The van der Waals surface area contributed by atoms with Gasteiger partial charge in [-0.15, -0.1) is 6.58 Å². The largest absolute Gasteiger partial charge is 0.314 e. The van der Waals surface area contributed by atoms with E-state index < -0.39 is 0 Å². The number of nitrogens with one attached hydrogen (secondary N) is 1. The summed E-state index contributed by atoms with van der Waals surface area (Å²) < 4.78 is 2.16. The summed E-state index contributed by atoms with van der Waals surface area (Å²) in [5, 5.41) is 8.22. The number of hydrogen-bond acceptors (Lipinski definition) is 2. The predicted octanol–water partition coefficient (Wildman–Crippen LogP) is 2.76. The first kappa shape index (κ1) is 13.3. The van der Waals surface area contributed by atoms with Crippen molar-refractivity contribution in [2.45, 2.75) is 58.5 Å². The average molecular weight is 247 g/mol. The molecular weight excluding hydrogens is 222 g/mol. The lowest BCUT2D eigenvalue weighted by atomic mass is 10.1. The van der Waals surface area contributed by atoms with Crippen molar-refractivity contribution >= 4 is 0 Å². The van der Waals surface area contributed by atoms with Crippen LogP contribution in [0.25, 0.3) is 0 Å². The highest BCUT2D eigenvalue weighted by Gasteiger charge is 2.20. The number of allylic oxidation sites excluding steroid dienone is 1. The second-order valence-electron chi connectivity index (χ2n) is 5.28. The lowest BCUT2D eigenvalue weighted by Gasteiger charge is -2.05. The number of nitrogens with zero attached hydrogens (tertiary/aromatic N) is 2. The maximum absolute atomic E-state index is 4.65. The van der Waals surface area contributed by atoms with Crippen molar-refractivity contribution in [1.29, 1.82) is 0 Å². The molecule has 0 amide bonds. The minimum Gasteiger partial charge on any atom is -0.314 e. The van der Waals surface area contributed by atoms with Gasteiger partial charge in [0.25, 0.3) is 0 Å². The van der Waals surface area contributed by atoms with Crippen LogP contribution in [0.1, 0.15) is 42.6 Å². The van der Waals surface area contributed by atoms with Gasteiger partial charge in [0.05, 0.1) is 5.69 Å². The fraction of sp³-hybridized carbons (Fsp3) is 0.667. The number of aryl methyl sites for hydroxylation is 2. The topological polar surface area (TPSA) is 29.9 Å². The van der Waals surface area contributed by atoms with Crippen LogP contribution in [0.2, 0.25) is 0 Å². The van der Waals surface area contributed by atoms with Crippen LogP contribution in [0.3, 0.4) is 0 Å². The van der Waals surface area contributed by atoms with Crippen LogP contribution in [0.15, 0.2) is 12.7 Å². The molecule has 1 heterocycles. The van der Waals surface area contributed by atoms with E-state index in [1.165, 1.54) is 29.8 Å². The monoisotopic (exact) mass is 247 g/mol. The molecule has 0 aromatic carbocycles. The molecule has 2 rings (SSSR count). The maximum Gasteiger partial charge on any atom is 0.0628 e. The summed E-state index contributed by atoms with van der Waals surface area (Å²) in [4.78, 5) is 0. The van der Waals surface area contributed by atoms with Gasteiger partial charge in [-0.3, -0.25) is 4.68 Å². The molecule has 1 aliphatic carbocycles. The van der Waals surface area contributed by atoms with E-state index >= 15 is 0 Å². The van der Waals surface area contributed by atoms with Gasteiger partial charge in [-0.2, -0.15) is 5.10 Å². The molecule has 1 saturated carbocycles. The molecule has 18 heavy (non-hydrogen) atoms. The van der Waals surface area contributed by atoms with Crippen LogP contribution < -0.4 is 5.32 Å². The summed E-state index contributed by atoms with van der Waals surface area (Å²) in [5.41, 5.74) is 3.97. The molecule has 0 radical (unpaired) electrons. The van der Waals surface area contributed by atoms with Crippen molar-refractivity contribution in [1.82, 2.24) is 15.1 Å². The Morgan fingerprint density at radius 3 is 2.89 bits per heavy atom. The van der Waals surface area contributed by atoms with E-state index in [9.17, 15) is 0 Å².